The van der Waals surface area contributed by atoms with Crippen molar-refractivity contribution in [1.29, 1.82) is 0 Å². The summed E-state index contributed by atoms with van der Waals surface area (Å²) in [6.07, 6.45) is 4.44. The van der Waals surface area contributed by atoms with E-state index < -0.39 is 6.10 Å². The third-order valence-corrected chi connectivity index (χ3v) is 2.65. The highest BCUT2D eigenvalue weighted by atomic mass is 16.5. The van der Waals surface area contributed by atoms with Crippen LogP contribution in [-0.4, -0.2) is 32.7 Å². The normalized spacial score (nSPS) is 11.3. The molecule has 5 heteroatoms. The number of amides is 1. The van der Waals surface area contributed by atoms with E-state index in [1.807, 2.05) is 19.2 Å². The summed E-state index contributed by atoms with van der Waals surface area (Å²) in [5.41, 5.74) is 1.07. The number of terminal acetylenes is 1. The van der Waals surface area contributed by atoms with Gasteiger partial charge in [0.25, 0.3) is 5.91 Å². The van der Waals surface area contributed by atoms with Crippen LogP contribution in [0.2, 0.25) is 0 Å². The van der Waals surface area contributed by atoms with Crippen molar-refractivity contribution in [2.75, 3.05) is 20.7 Å². The Morgan fingerprint density at radius 1 is 1.45 bits per heavy atom. The van der Waals surface area contributed by atoms with Gasteiger partial charge in [0.05, 0.1) is 13.7 Å². The molecule has 0 bridgehead atoms. The lowest BCUT2D eigenvalue weighted by molar-refractivity contribution is -0.127. The van der Waals surface area contributed by atoms with E-state index in [0.29, 0.717) is 11.5 Å². The van der Waals surface area contributed by atoms with Gasteiger partial charge >= 0.3 is 0 Å². The predicted octanol–water partition coefficient (Wildman–Crippen LogP) is 0.931. The highest BCUT2D eigenvalue weighted by Gasteiger charge is 2.16. The second-order valence-electron chi connectivity index (χ2n) is 4.20. The second kappa shape index (κ2) is 8.08. The molecule has 0 saturated carbocycles. The predicted molar refractivity (Wildman–Crippen MR) is 77.7 cm³/mol. The van der Waals surface area contributed by atoms with E-state index in [1.165, 1.54) is 0 Å². The van der Waals surface area contributed by atoms with Gasteiger partial charge in [0.2, 0.25) is 0 Å². The van der Waals surface area contributed by atoms with E-state index in [1.54, 1.807) is 20.1 Å². The topological polar surface area (TPSA) is 59.6 Å². The van der Waals surface area contributed by atoms with Crippen molar-refractivity contribution in [3.8, 4) is 23.8 Å². The molecule has 1 atom stereocenters. The summed E-state index contributed by atoms with van der Waals surface area (Å²) in [7, 11) is 3.43. The molecular weight excluding hydrogens is 256 g/mol. The zero-order valence-corrected chi connectivity index (χ0v) is 12.0. The number of ether oxygens (including phenoxy) is 2. The van der Waals surface area contributed by atoms with E-state index >= 15 is 0 Å². The van der Waals surface area contributed by atoms with Crippen LogP contribution in [0.25, 0.3) is 0 Å². The molecule has 0 aliphatic heterocycles. The first-order chi connectivity index (χ1) is 9.62. The van der Waals surface area contributed by atoms with Crippen molar-refractivity contribution in [2.45, 2.75) is 19.6 Å². The zero-order chi connectivity index (χ0) is 15.0. The van der Waals surface area contributed by atoms with Gasteiger partial charge in [-0.1, -0.05) is 12.0 Å². The molecule has 20 heavy (non-hydrogen) atoms. The maximum Gasteiger partial charge on any atom is 0.261 e. The molecule has 0 aliphatic rings. The summed E-state index contributed by atoms with van der Waals surface area (Å²) in [5, 5.41) is 5.63. The minimum Gasteiger partial charge on any atom is -0.493 e. The standard InChI is InChI=1S/C15H20N2O3/c1-5-8-17-15(18)11(2)20-13-7-6-12(10-16-3)9-14(13)19-4/h1,6-7,9,11,16H,8,10H2,2-4H3,(H,17,18). The second-order valence-corrected chi connectivity index (χ2v) is 4.20. The highest BCUT2D eigenvalue weighted by molar-refractivity contribution is 5.81. The van der Waals surface area contributed by atoms with Gasteiger partial charge in [-0.25, -0.2) is 0 Å². The minimum atomic E-state index is -0.646. The summed E-state index contributed by atoms with van der Waals surface area (Å²) < 4.78 is 10.9. The monoisotopic (exact) mass is 276 g/mol. The van der Waals surface area contributed by atoms with Gasteiger partial charge in [-0.2, -0.15) is 0 Å². The van der Waals surface area contributed by atoms with Crippen LogP contribution < -0.4 is 20.1 Å². The SMILES string of the molecule is C#CCNC(=O)C(C)Oc1ccc(CNC)cc1OC. The summed E-state index contributed by atoms with van der Waals surface area (Å²) in [4.78, 5) is 11.7. The molecule has 2 N–H and O–H groups in total. The molecule has 1 unspecified atom stereocenters. The van der Waals surface area contributed by atoms with E-state index in [2.05, 4.69) is 16.6 Å². The lowest BCUT2D eigenvalue weighted by Gasteiger charge is -2.16. The number of hydrogen-bond acceptors (Lipinski definition) is 4. The maximum atomic E-state index is 11.7. The number of benzene rings is 1. The van der Waals surface area contributed by atoms with Crippen molar-refractivity contribution >= 4 is 5.91 Å². The fourth-order valence-electron chi connectivity index (χ4n) is 1.65. The first kappa shape index (κ1) is 15.9. The maximum absolute atomic E-state index is 11.7. The molecule has 1 aromatic rings. The van der Waals surface area contributed by atoms with Crippen molar-refractivity contribution in [3.05, 3.63) is 23.8 Å². The summed E-state index contributed by atoms with van der Waals surface area (Å²) >= 11 is 0. The molecule has 1 amide bonds. The van der Waals surface area contributed by atoms with Gasteiger partial charge in [-0.15, -0.1) is 6.42 Å². The molecule has 0 saturated heterocycles. The van der Waals surface area contributed by atoms with E-state index in [-0.39, 0.29) is 12.5 Å². The third-order valence-electron chi connectivity index (χ3n) is 2.65. The van der Waals surface area contributed by atoms with E-state index in [9.17, 15) is 4.79 Å². The summed E-state index contributed by atoms with van der Waals surface area (Å²) in [5.74, 6) is 3.20. The van der Waals surface area contributed by atoms with Crippen LogP contribution in [0.1, 0.15) is 12.5 Å². The lowest BCUT2D eigenvalue weighted by atomic mass is 10.2. The minimum absolute atomic E-state index is 0.185. The Morgan fingerprint density at radius 2 is 2.20 bits per heavy atom. The van der Waals surface area contributed by atoms with Crippen LogP contribution in [0, 0.1) is 12.3 Å². The fraction of sp³-hybridized carbons (Fsp3) is 0.400. The van der Waals surface area contributed by atoms with E-state index in [4.69, 9.17) is 15.9 Å². The van der Waals surface area contributed by atoms with Crippen LogP contribution in [-0.2, 0) is 11.3 Å². The molecule has 0 spiro atoms. The van der Waals surface area contributed by atoms with Crippen molar-refractivity contribution < 1.29 is 14.3 Å². The van der Waals surface area contributed by atoms with Gasteiger partial charge in [-0.3, -0.25) is 4.79 Å². The molecule has 0 heterocycles. The van der Waals surface area contributed by atoms with Gasteiger partial charge in [-0.05, 0) is 31.7 Å². The molecule has 0 radical (unpaired) electrons. The molecule has 1 aromatic carbocycles. The molecule has 1 rings (SSSR count). The molecule has 5 nitrogen and oxygen atoms in total. The first-order valence-corrected chi connectivity index (χ1v) is 6.31. The first-order valence-electron chi connectivity index (χ1n) is 6.31. The average molecular weight is 276 g/mol. The smallest absolute Gasteiger partial charge is 0.261 e. The van der Waals surface area contributed by atoms with Crippen LogP contribution in [0.3, 0.4) is 0 Å². The number of hydrogen-bond donors (Lipinski definition) is 2. The largest absolute Gasteiger partial charge is 0.493 e. The van der Waals surface area contributed by atoms with Gasteiger partial charge in [0.1, 0.15) is 0 Å². The molecule has 0 aliphatic carbocycles. The average Bonchev–Trinajstić information content (AvgIpc) is 2.46. The molecular formula is C15H20N2O3. The van der Waals surface area contributed by atoms with Crippen LogP contribution in [0.4, 0.5) is 0 Å². The Balaban J connectivity index is 2.76. The van der Waals surface area contributed by atoms with Crippen molar-refractivity contribution in [3.63, 3.8) is 0 Å². The number of nitrogens with one attached hydrogen (secondary N) is 2. The number of carbonyl (C=O) groups is 1. The number of rotatable bonds is 7. The van der Waals surface area contributed by atoms with Crippen LogP contribution in [0.5, 0.6) is 11.5 Å². The Hall–Kier alpha value is -2.19. The molecule has 108 valence electrons. The van der Waals surface area contributed by atoms with Gasteiger partial charge in [0, 0.05) is 6.54 Å². The van der Waals surface area contributed by atoms with Crippen molar-refractivity contribution in [1.82, 2.24) is 10.6 Å². The molecule has 0 aromatic heterocycles. The Morgan fingerprint density at radius 3 is 2.80 bits per heavy atom. The van der Waals surface area contributed by atoms with Crippen LogP contribution in [0.15, 0.2) is 18.2 Å². The van der Waals surface area contributed by atoms with Crippen LogP contribution >= 0.6 is 0 Å². The van der Waals surface area contributed by atoms with Gasteiger partial charge in [0.15, 0.2) is 17.6 Å². The lowest BCUT2D eigenvalue weighted by Crippen LogP contribution is -2.36. The number of carbonyl (C=O) groups excluding carboxylic acids is 1. The Labute approximate surface area is 119 Å². The quantitative estimate of drug-likeness (QED) is 0.727. The third kappa shape index (κ3) is 4.48. The molecule has 0 fully saturated rings. The number of methoxy groups -OCH3 is 1. The Kier molecular flexibility index (Phi) is 6.41. The highest BCUT2D eigenvalue weighted by Crippen LogP contribution is 2.28. The van der Waals surface area contributed by atoms with Crippen molar-refractivity contribution in [2.24, 2.45) is 0 Å². The van der Waals surface area contributed by atoms with Gasteiger partial charge < -0.3 is 20.1 Å². The summed E-state index contributed by atoms with van der Waals surface area (Å²) in [6.45, 7) is 2.58. The fourth-order valence-corrected chi connectivity index (χ4v) is 1.65. The zero-order valence-electron chi connectivity index (χ0n) is 12.0. The Bertz CT molecular complexity index is 494. The van der Waals surface area contributed by atoms with E-state index in [0.717, 1.165) is 12.1 Å². The summed E-state index contributed by atoms with van der Waals surface area (Å²) in [6, 6.07) is 5.58.